The van der Waals surface area contributed by atoms with Crippen molar-refractivity contribution in [3.05, 3.63) is 11.1 Å². The predicted octanol–water partition coefficient (Wildman–Crippen LogP) is 1.09. The summed E-state index contributed by atoms with van der Waals surface area (Å²) in [5.74, 6) is 0. The molecule has 0 bridgehead atoms. The lowest BCUT2D eigenvalue weighted by atomic mass is 10.4. The number of nitrogens with zero attached hydrogens (tertiary/aromatic N) is 2. The van der Waals surface area contributed by atoms with Gasteiger partial charge >= 0.3 is 0 Å². The van der Waals surface area contributed by atoms with Crippen LogP contribution in [0.25, 0.3) is 0 Å². The SMILES string of the molecule is CNCc1csc(N2CCCOCC2)n1. The maximum Gasteiger partial charge on any atom is 0.185 e. The predicted molar refractivity (Wildman–Crippen MR) is 62.5 cm³/mol. The molecule has 84 valence electrons. The van der Waals surface area contributed by atoms with E-state index in [1.807, 2.05) is 7.05 Å². The van der Waals surface area contributed by atoms with Crippen molar-refractivity contribution < 1.29 is 4.74 Å². The topological polar surface area (TPSA) is 37.4 Å². The monoisotopic (exact) mass is 227 g/mol. The molecule has 0 atom stereocenters. The summed E-state index contributed by atoms with van der Waals surface area (Å²) in [7, 11) is 1.94. The van der Waals surface area contributed by atoms with Gasteiger partial charge in [-0.05, 0) is 13.5 Å². The lowest BCUT2D eigenvalue weighted by Gasteiger charge is -2.17. The standard InChI is InChI=1S/C10H17N3OS/c1-11-7-9-8-15-10(12-9)13-3-2-5-14-6-4-13/h8,11H,2-7H2,1H3. The Bertz CT molecular complexity index is 295. The lowest BCUT2D eigenvalue weighted by molar-refractivity contribution is 0.152. The van der Waals surface area contributed by atoms with Gasteiger partial charge in [-0.3, -0.25) is 0 Å². The Morgan fingerprint density at radius 2 is 2.47 bits per heavy atom. The smallest absolute Gasteiger partial charge is 0.185 e. The van der Waals surface area contributed by atoms with E-state index >= 15 is 0 Å². The third kappa shape index (κ3) is 2.90. The molecule has 0 spiro atoms. The van der Waals surface area contributed by atoms with Gasteiger partial charge in [0, 0.05) is 31.6 Å². The molecule has 0 aromatic carbocycles. The molecular formula is C10H17N3OS. The van der Waals surface area contributed by atoms with Crippen LogP contribution in [-0.4, -0.2) is 38.3 Å². The van der Waals surface area contributed by atoms with Crippen LogP contribution in [0, 0.1) is 0 Å². The highest BCUT2D eigenvalue weighted by Crippen LogP contribution is 2.21. The Balaban J connectivity index is 2.00. The number of aromatic nitrogens is 1. The molecule has 0 aliphatic carbocycles. The summed E-state index contributed by atoms with van der Waals surface area (Å²) < 4.78 is 5.42. The van der Waals surface area contributed by atoms with E-state index in [2.05, 4.69) is 20.6 Å². The highest BCUT2D eigenvalue weighted by atomic mass is 32.1. The summed E-state index contributed by atoms with van der Waals surface area (Å²) in [6.07, 6.45) is 1.10. The first-order valence-electron chi connectivity index (χ1n) is 5.32. The Hall–Kier alpha value is -0.650. The van der Waals surface area contributed by atoms with E-state index in [9.17, 15) is 0 Å². The second-order valence-corrected chi connectivity index (χ2v) is 4.44. The van der Waals surface area contributed by atoms with Gasteiger partial charge in [0.05, 0.1) is 12.3 Å². The summed E-state index contributed by atoms with van der Waals surface area (Å²) in [4.78, 5) is 6.91. The minimum Gasteiger partial charge on any atom is -0.380 e. The van der Waals surface area contributed by atoms with Crippen molar-refractivity contribution in [3.63, 3.8) is 0 Å². The fourth-order valence-electron chi connectivity index (χ4n) is 1.64. The van der Waals surface area contributed by atoms with Crippen LogP contribution in [0.4, 0.5) is 5.13 Å². The Morgan fingerprint density at radius 3 is 3.33 bits per heavy atom. The normalized spacial score (nSPS) is 17.8. The molecule has 1 aromatic heterocycles. The van der Waals surface area contributed by atoms with Crippen LogP contribution in [0.2, 0.25) is 0 Å². The van der Waals surface area contributed by atoms with Gasteiger partial charge in [0.2, 0.25) is 0 Å². The van der Waals surface area contributed by atoms with Gasteiger partial charge in [-0.1, -0.05) is 0 Å². The zero-order valence-corrected chi connectivity index (χ0v) is 9.85. The third-order valence-corrected chi connectivity index (χ3v) is 3.34. The van der Waals surface area contributed by atoms with Gasteiger partial charge in [-0.25, -0.2) is 4.98 Å². The van der Waals surface area contributed by atoms with Crippen molar-refractivity contribution >= 4 is 16.5 Å². The molecule has 4 nitrogen and oxygen atoms in total. The van der Waals surface area contributed by atoms with Gasteiger partial charge in [0.25, 0.3) is 0 Å². The first kappa shape index (κ1) is 10.9. The summed E-state index contributed by atoms with van der Waals surface area (Å²) in [5.41, 5.74) is 1.13. The van der Waals surface area contributed by atoms with Crippen molar-refractivity contribution in [1.82, 2.24) is 10.3 Å². The Kier molecular flexibility index (Phi) is 3.94. The molecule has 0 unspecified atom stereocenters. The van der Waals surface area contributed by atoms with Crippen LogP contribution in [0.5, 0.6) is 0 Å². The molecule has 2 heterocycles. The average Bonchev–Trinajstić information content (AvgIpc) is 2.53. The summed E-state index contributed by atoms with van der Waals surface area (Å²) in [5, 5.41) is 6.37. The number of hydrogen-bond donors (Lipinski definition) is 1. The largest absolute Gasteiger partial charge is 0.380 e. The van der Waals surface area contributed by atoms with Crippen LogP contribution >= 0.6 is 11.3 Å². The van der Waals surface area contributed by atoms with Gasteiger partial charge in [0.1, 0.15) is 0 Å². The number of thiazole rings is 1. The first-order chi connectivity index (χ1) is 7.40. The fraction of sp³-hybridized carbons (Fsp3) is 0.700. The van der Waals surface area contributed by atoms with E-state index < -0.39 is 0 Å². The summed E-state index contributed by atoms with van der Waals surface area (Å²) in [6, 6.07) is 0. The molecule has 1 fully saturated rings. The van der Waals surface area contributed by atoms with Crippen molar-refractivity contribution in [2.75, 3.05) is 38.3 Å². The van der Waals surface area contributed by atoms with Crippen LogP contribution in [-0.2, 0) is 11.3 Å². The number of ether oxygens (including phenoxy) is 1. The van der Waals surface area contributed by atoms with Crippen LogP contribution < -0.4 is 10.2 Å². The minimum atomic E-state index is 0.820. The molecule has 0 amide bonds. The van der Waals surface area contributed by atoms with Gasteiger partial charge in [-0.2, -0.15) is 0 Å². The van der Waals surface area contributed by atoms with Crippen LogP contribution in [0.15, 0.2) is 5.38 Å². The maximum atomic E-state index is 5.42. The van der Waals surface area contributed by atoms with Crippen molar-refractivity contribution in [2.24, 2.45) is 0 Å². The van der Waals surface area contributed by atoms with Crippen molar-refractivity contribution in [2.45, 2.75) is 13.0 Å². The zero-order valence-electron chi connectivity index (χ0n) is 9.03. The Morgan fingerprint density at radius 1 is 1.53 bits per heavy atom. The van der Waals surface area contributed by atoms with E-state index in [1.165, 1.54) is 0 Å². The van der Waals surface area contributed by atoms with Gasteiger partial charge in [-0.15, -0.1) is 11.3 Å². The quantitative estimate of drug-likeness (QED) is 0.839. The van der Waals surface area contributed by atoms with Crippen molar-refractivity contribution in [1.29, 1.82) is 0 Å². The van der Waals surface area contributed by atoms with E-state index in [-0.39, 0.29) is 0 Å². The molecular weight excluding hydrogens is 210 g/mol. The highest BCUT2D eigenvalue weighted by molar-refractivity contribution is 7.13. The Labute approximate surface area is 94.3 Å². The molecule has 2 rings (SSSR count). The molecule has 1 aliphatic heterocycles. The molecule has 0 saturated carbocycles. The highest BCUT2D eigenvalue weighted by Gasteiger charge is 2.13. The number of rotatable bonds is 3. The fourth-order valence-corrected chi connectivity index (χ4v) is 2.52. The average molecular weight is 227 g/mol. The van der Waals surface area contributed by atoms with E-state index in [0.717, 1.165) is 50.1 Å². The zero-order chi connectivity index (χ0) is 10.5. The first-order valence-corrected chi connectivity index (χ1v) is 6.20. The number of anilines is 1. The molecule has 0 radical (unpaired) electrons. The second-order valence-electron chi connectivity index (χ2n) is 3.60. The lowest BCUT2D eigenvalue weighted by Crippen LogP contribution is -2.25. The van der Waals surface area contributed by atoms with E-state index in [0.29, 0.717) is 0 Å². The van der Waals surface area contributed by atoms with E-state index in [4.69, 9.17) is 4.74 Å². The van der Waals surface area contributed by atoms with Crippen LogP contribution in [0.1, 0.15) is 12.1 Å². The third-order valence-electron chi connectivity index (χ3n) is 2.39. The number of nitrogens with one attached hydrogen (secondary N) is 1. The molecule has 1 saturated heterocycles. The molecule has 1 aliphatic rings. The molecule has 1 N–H and O–H groups in total. The second kappa shape index (κ2) is 5.44. The summed E-state index contributed by atoms with van der Waals surface area (Å²) in [6.45, 7) is 4.58. The summed E-state index contributed by atoms with van der Waals surface area (Å²) >= 11 is 1.72. The number of hydrogen-bond acceptors (Lipinski definition) is 5. The minimum absolute atomic E-state index is 0.820. The van der Waals surface area contributed by atoms with Crippen LogP contribution in [0.3, 0.4) is 0 Å². The van der Waals surface area contributed by atoms with E-state index in [1.54, 1.807) is 11.3 Å². The molecule has 1 aromatic rings. The molecule has 5 heteroatoms. The van der Waals surface area contributed by atoms with Gasteiger partial charge < -0.3 is 15.0 Å². The van der Waals surface area contributed by atoms with Gasteiger partial charge in [0.15, 0.2) is 5.13 Å². The maximum absolute atomic E-state index is 5.42. The van der Waals surface area contributed by atoms with Crippen molar-refractivity contribution in [3.8, 4) is 0 Å². The molecule has 15 heavy (non-hydrogen) atoms.